The van der Waals surface area contributed by atoms with Crippen molar-refractivity contribution in [1.82, 2.24) is 24.8 Å². The van der Waals surface area contributed by atoms with Gasteiger partial charge in [0.25, 0.3) is 0 Å². The van der Waals surface area contributed by atoms with Crippen LogP contribution >= 0.6 is 11.3 Å². The minimum absolute atomic E-state index is 0.0591. The molecular formula is C24H25N7OS. The molecule has 1 saturated heterocycles. The van der Waals surface area contributed by atoms with E-state index in [1.54, 1.807) is 17.5 Å². The summed E-state index contributed by atoms with van der Waals surface area (Å²) >= 11 is 1.60. The molecule has 0 aliphatic carbocycles. The zero-order valence-corrected chi connectivity index (χ0v) is 19.7. The van der Waals surface area contributed by atoms with Crippen LogP contribution in [-0.2, 0) is 10.2 Å². The fourth-order valence-corrected chi connectivity index (χ4v) is 4.76. The summed E-state index contributed by atoms with van der Waals surface area (Å²) in [5.74, 6) is 0. The Hall–Kier alpha value is -3.35. The standard InChI is InChI=1S/C24H25N7OS/c1-24(2,3)23-30-29-22(33-23)18-14-26-20(11-19(18)28-16-6-8-32-9-7-16)21-5-4-17-10-15(12-25)13-27-31(17)21/h4-5,10-11,13-14,16H,6-9H2,1-3H3,(H,26,28). The second kappa shape index (κ2) is 8.54. The van der Waals surface area contributed by atoms with E-state index in [0.29, 0.717) is 11.6 Å². The van der Waals surface area contributed by atoms with Gasteiger partial charge in [0.2, 0.25) is 0 Å². The molecule has 5 rings (SSSR count). The summed E-state index contributed by atoms with van der Waals surface area (Å²) in [5, 5.41) is 28.1. The maximum Gasteiger partial charge on any atom is 0.151 e. The highest BCUT2D eigenvalue weighted by molar-refractivity contribution is 7.14. The molecule has 0 saturated carbocycles. The van der Waals surface area contributed by atoms with E-state index >= 15 is 0 Å². The summed E-state index contributed by atoms with van der Waals surface area (Å²) in [6.07, 6.45) is 5.34. The van der Waals surface area contributed by atoms with Crippen molar-refractivity contribution in [2.45, 2.75) is 45.1 Å². The molecule has 9 heteroatoms. The highest BCUT2D eigenvalue weighted by Crippen LogP contribution is 2.36. The van der Waals surface area contributed by atoms with Gasteiger partial charge in [0, 0.05) is 36.6 Å². The number of nitrogens with one attached hydrogen (secondary N) is 1. The topological polar surface area (TPSA) is 101 Å². The maximum atomic E-state index is 9.16. The molecule has 168 valence electrons. The number of rotatable bonds is 4. The molecule has 4 aromatic rings. The average molecular weight is 460 g/mol. The number of fused-ring (bicyclic) bond motifs is 1. The van der Waals surface area contributed by atoms with E-state index in [2.05, 4.69) is 53.5 Å². The van der Waals surface area contributed by atoms with Gasteiger partial charge < -0.3 is 10.1 Å². The monoisotopic (exact) mass is 459 g/mol. The third-order valence-electron chi connectivity index (χ3n) is 5.67. The Bertz CT molecular complexity index is 1340. The molecule has 4 aromatic heterocycles. The van der Waals surface area contributed by atoms with Crippen LogP contribution in [0, 0.1) is 11.3 Å². The average Bonchev–Trinajstić information content (AvgIpc) is 3.47. The minimum Gasteiger partial charge on any atom is -0.381 e. The first-order chi connectivity index (χ1) is 15.9. The molecule has 0 radical (unpaired) electrons. The fraction of sp³-hybridized carbons (Fsp3) is 0.375. The number of nitrogens with zero attached hydrogens (tertiary/aromatic N) is 6. The van der Waals surface area contributed by atoms with Crippen molar-refractivity contribution in [2.24, 2.45) is 0 Å². The van der Waals surface area contributed by atoms with E-state index in [1.165, 1.54) is 0 Å². The largest absolute Gasteiger partial charge is 0.381 e. The van der Waals surface area contributed by atoms with Gasteiger partial charge in [0.05, 0.1) is 34.2 Å². The molecule has 8 nitrogen and oxygen atoms in total. The maximum absolute atomic E-state index is 9.16. The molecule has 0 aromatic carbocycles. The Labute approximate surface area is 196 Å². The third-order valence-corrected chi connectivity index (χ3v) is 7.06. The molecule has 33 heavy (non-hydrogen) atoms. The summed E-state index contributed by atoms with van der Waals surface area (Å²) in [6, 6.07) is 10.3. The molecule has 5 heterocycles. The molecule has 0 spiro atoms. The van der Waals surface area contributed by atoms with Gasteiger partial charge >= 0.3 is 0 Å². The second-order valence-electron chi connectivity index (χ2n) is 9.22. The normalized spacial score (nSPS) is 15.0. The Morgan fingerprint density at radius 3 is 2.70 bits per heavy atom. The van der Waals surface area contributed by atoms with Crippen molar-refractivity contribution >= 4 is 22.5 Å². The van der Waals surface area contributed by atoms with Crippen LogP contribution < -0.4 is 5.32 Å². The van der Waals surface area contributed by atoms with Crippen LogP contribution in [0.2, 0.25) is 0 Å². The number of pyridine rings is 1. The molecule has 1 fully saturated rings. The summed E-state index contributed by atoms with van der Waals surface area (Å²) in [6.45, 7) is 7.94. The first-order valence-electron chi connectivity index (χ1n) is 11.0. The highest BCUT2D eigenvalue weighted by Gasteiger charge is 2.23. The van der Waals surface area contributed by atoms with Crippen molar-refractivity contribution < 1.29 is 4.74 Å². The molecule has 1 aliphatic rings. The Kier molecular flexibility index (Phi) is 5.56. The van der Waals surface area contributed by atoms with E-state index in [1.807, 2.05) is 28.9 Å². The summed E-state index contributed by atoms with van der Waals surface area (Å²) in [4.78, 5) is 4.76. The lowest BCUT2D eigenvalue weighted by Crippen LogP contribution is -2.28. The van der Waals surface area contributed by atoms with Crippen LogP contribution in [0.1, 0.15) is 44.2 Å². The Morgan fingerprint density at radius 2 is 1.97 bits per heavy atom. The number of aromatic nitrogens is 5. The van der Waals surface area contributed by atoms with Crippen LogP contribution in [0.15, 0.2) is 36.7 Å². The minimum atomic E-state index is -0.0591. The van der Waals surface area contributed by atoms with E-state index < -0.39 is 0 Å². The van der Waals surface area contributed by atoms with Crippen molar-refractivity contribution in [3.8, 4) is 28.0 Å². The van der Waals surface area contributed by atoms with Crippen LogP contribution in [-0.4, -0.2) is 44.1 Å². The quantitative estimate of drug-likeness (QED) is 0.473. The van der Waals surface area contributed by atoms with E-state index in [9.17, 15) is 0 Å². The number of ether oxygens (including phenoxy) is 1. The predicted molar refractivity (Wildman–Crippen MR) is 128 cm³/mol. The van der Waals surface area contributed by atoms with Gasteiger partial charge in [0.1, 0.15) is 11.1 Å². The van der Waals surface area contributed by atoms with Gasteiger partial charge in [-0.05, 0) is 37.1 Å². The van der Waals surface area contributed by atoms with Crippen LogP contribution in [0.3, 0.4) is 0 Å². The summed E-state index contributed by atoms with van der Waals surface area (Å²) in [5.41, 5.74) is 4.91. The van der Waals surface area contributed by atoms with E-state index in [-0.39, 0.29) is 5.41 Å². The first-order valence-corrected chi connectivity index (χ1v) is 11.8. The molecule has 1 N–H and O–H groups in total. The lowest BCUT2D eigenvalue weighted by atomic mass is 9.98. The number of nitriles is 1. The van der Waals surface area contributed by atoms with Crippen molar-refractivity contribution in [1.29, 1.82) is 5.26 Å². The smallest absolute Gasteiger partial charge is 0.151 e. The van der Waals surface area contributed by atoms with E-state index in [4.69, 9.17) is 15.0 Å². The number of anilines is 1. The fourth-order valence-electron chi connectivity index (χ4n) is 3.84. The molecule has 0 atom stereocenters. The van der Waals surface area contributed by atoms with Crippen LogP contribution in [0.5, 0.6) is 0 Å². The summed E-state index contributed by atoms with van der Waals surface area (Å²) in [7, 11) is 0. The Balaban J connectivity index is 1.58. The molecule has 1 aliphatic heterocycles. The van der Waals surface area contributed by atoms with Crippen LogP contribution in [0.4, 0.5) is 5.69 Å². The third kappa shape index (κ3) is 4.32. The van der Waals surface area contributed by atoms with Gasteiger partial charge in [-0.15, -0.1) is 10.2 Å². The number of hydrogen-bond donors (Lipinski definition) is 1. The van der Waals surface area contributed by atoms with Gasteiger partial charge in [-0.1, -0.05) is 32.1 Å². The number of hydrogen-bond acceptors (Lipinski definition) is 8. The molecular weight excluding hydrogens is 434 g/mol. The molecule has 0 amide bonds. The lowest BCUT2D eigenvalue weighted by molar-refractivity contribution is 0.0904. The lowest BCUT2D eigenvalue weighted by Gasteiger charge is -2.25. The zero-order valence-electron chi connectivity index (χ0n) is 18.9. The van der Waals surface area contributed by atoms with Crippen molar-refractivity contribution in [3.05, 3.63) is 47.2 Å². The Morgan fingerprint density at radius 1 is 1.15 bits per heavy atom. The van der Waals surface area contributed by atoms with E-state index in [0.717, 1.165) is 64.2 Å². The predicted octanol–water partition coefficient (Wildman–Crippen LogP) is 4.67. The van der Waals surface area contributed by atoms with Crippen molar-refractivity contribution in [2.75, 3.05) is 18.5 Å². The van der Waals surface area contributed by atoms with Gasteiger partial charge in [-0.2, -0.15) is 10.4 Å². The van der Waals surface area contributed by atoms with Gasteiger partial charge in [-0.25, -0.2) is 4.52 Å². The second-order valence-corrected chi connectivity index (χ2v) is 10.2. The first kappa shape index (κ1) is 21.5. The summed E-state index contributed by atoms with van der Waals surface area (Å²) < 4.78 is 7.34. The molecule has 0 unspecified atom stereocenters. The highest BCUT2D eigenvalue weighted by atomic mass is 32.1. The van der Waals surface area contributed by atoms with Crippen LogP contribution in [0.25, 0.3) is 27.5 Å². The molecule has 0 bridgehead atoms. The van der Waals surface area contributed by atoms with Gasteiger partial charge in [-0.3, -0.25) is 4.98 Å². The SMILES string of the molecule is CC(C)(C)c1nnc(-c2cnc(-c3ccc4cc(C#N)cnn34)cc2NC2CCOCC2)s1. The van der Waals surface area contributed by atoms with Gasteiger partial charge in [0.15, 0.2) is 5.01 Å². The van der Waals surface area contributed by atoms with Crippen molar-refractivity contribution in [3.63, 3.8) is 0 Å². The zero-order chi connectivity index (χ0) is 23.0.